The number of ether oxygens (including phenoxy) is 3. The number of methoxy groups -OCH3 is 2. The first-order valence-electron chi connectivity index (χ1n) is 8.70. The van der Waals surface area contributed by atoms with Crippen molar-refractivity contribution in [3.8, 4) is 28.4 Å². The molecule has 0 spiro atoms. The quantitative estimate of drug-likeness (QED) is 0.526. The number of ketones is 1. The molecule has 0 saturated heterocycles. The number of benzene rings is 2. The maximum atomic E-state index is 12.3. The third kappa shape index (κ3) is 3.95. The van der Waals surface area contributed by atoms with Gasteiger partial charge in [0, 0.05) is 23.3 Å². The number of Topliss-reactive ketones (excluding diaryl/α,β-unsaturated/α-hetero) is 1. The molecular weight excluding hydrogens is 364 g/mol. The minimum atomic E-state index is -0.325. The van der Waals surface area contributed by atoms with Crippen molar-refractivity contribution in [1.82, 2.24) is 0 Å². The molecule has 3 rings (SSSR count). The van der Waals surface area contributed by atoms with E-state index in [1.54, 1.807) is 17.8 Å². The van der Waals surface area contributed by atoms with Gasteiger partial charge in [0.15, 0.2) is 17.3 Å². The van der Waals surface area contributed by atoms with Gasteiger partial charge >= 0.3 is 5.97 Å². The zero-order chi connectivity index (χ0) is 19.4. The monoisotopic (exact) mass is 386 g/mol. The second-order valence-corrected chi connectivity index (χ2v) is 7.18. The number of aryl methyl sites for hydroxylation is 1. The number of carbonyl (C=O) groups is 2. The fraction of sp³-hybridized carbons (Fsp3) is 0.333. The van der Waals surface area contributed by atoms with Crippen molar-refractivity contribution >= 4 is 23.5 Å². The molecule has 2 aromatic carbocycles. The maximum absolute atomic E-state index is 12.3. The topological polar surface area (TPSA) is 61.8 Å². The molecule has 6 heteroatoms. The van der Waals surface area contributed by atoms with Gasteiger partial charge in [0.25, 0.3) is 0 Å². The van der Waals surface area contributed by atoms with Crippen LogP contribution in [0, 0.1) is 0 Å². The highest BCUT2D eigenvalue weighted by Gasteiger charge is 2.23. The molecule has 0 unspecified atom stereocenters. The summed E-state index contributed by atoms with van der Waals surface area (Å²) in [5, 5.41) is 0. The lowest BCUT2D eigenvalue weighted by Gasteiger charge is -2.17. The third-order valence-electron chi connectivity index (χ3n) is 4.56. The number of rotatable bonds is 7. The predicted molar refractivity (Wildman–Crippen MR) is 106 cm³/mol. The molecule has 0 N–H and O–H groups in total. The normalized spacial score (nSPS) is 12.6. The molecule has 0 saturated carbocycles. The van der Waals surface area contributed by atoms with Crippen LogP contribution in [-0.2, 0) is 11.2 Å². The van der Waals surface area contributed by atoms with Crippen molar-refractivity contribution in [2.75, 3.05) is 26.2 Å². The highest BCUT2D eigenvalue weighted by atomic mass is 32.2. The number of fused-ring (bicyclic) bond motifs is 1. The molecule has 142 valence electrons. The average Bonchev–Trinajstić information content (AvgIpc) is 3.06. The summed E-state index contributed by atoms with van der Waals surface area (Å²) in [5.74, 6) is 1.74. The van der Waals surface area contributed by atoms with E-state index in [4.69, 9.17) is 14.2 Å². The number of hydrogen-bond acceptors (Lipinski definition) is 6. The van der Waals surface area contributed by atoms with E-state index in [0.29, 0.717) is 35.8 Å². The van der Waals surface area contributed by atoms with Crippen LogP contribution >= 0.6 is 11.8 Å². The van der Waals surface area contributed by atoms with E-state index in [9.17, 15) is 9.59 Å². The zero-order valence-electron chi connectivity index (χ0n) is 15.7. The third-order valence-corrected chi connectivity index (χ3v) is 5.18. The summed E-state index contributed by atoms with van der Waals surface area (Å²) < 4.78 is 16.5. The Morgan fingerprint density at radius 1 is 1.04 bits per heavy atom. The summed E-state index contributed by atoms with van der Waals surface area (Å²) >= 11 is 1.58. The lowest BCUT2D eigenvalue weighted by atomic mass is 9.99. The first-order valence-corrected chi connectivity index (χ1v) is 10.1. The first kappa shape index (κ1) is 19.3. The molecule has 0 amide bonds. The van der Waals surface area contributed by atoms with Crippen LogP contribution in [0.5, 0.6) is 17.2 Å². The van der Waals surface area contributed by atoms with Crippen LogP contribution in [0.1, 0.15) is 28.8 Å². The molecule has 0 radical (unpaired) electrons. The maximum Gasteiger partial charge on any atom is 0.312 e. The van der Waals surface area contributed by atoms with Gasteiger partial charge in [0.1, 0.15) is 0 Å². The molecule has 1 aliphatic rings. The zero-order valence-corrected chi connectivity index (χ0v) is 16.5. The van der Waals surface area contributed by atoms with Gasteiger partial charge < -0.3 is 14.2 Å². The van der Waals surface area contributed by atoms with E-state index < -0.39 is 0 Å². The molecular formula is C21H22O5S. The second-order valence-electron chi connectivity index (χ2n) is 6.19. The van der Waals surface area contributed by atoms with Crippen molar-refractivity contribution < 1.29 is 23.8 Å². The Hall–Kier alpha value is -2.47. The van der Waals surface area contributed by atoms with Crippen LogP contribution in [0.2, 0.25) is 0 Å². The molecule has 0 aliphatic heterocycles. The summed E-state index contributed by atoms with van der Waals surface area (Å²) in [6.07, 6.45) is 3.52. The van der Waals surface area contributed by atoms with Crippen LogP contribution in [0.15, 0.2) is 30.3 Å². The molecule has 0 bridgehead atoms. The van der Waals surface area contributed by atoms with Gasteiger partial charge in [-0.1, -0.05) is 18.2 Å². The number of hydrogen-bond donors (Lipinski definition) is 0. The number of esters is 1. The lowest BCUT2D eigenvalue weighted by Crippen LogP contribution is -2.11. The summed E-state index contributed by atoms with van der Waals surface area (Å²) in [4.78, 5) is 24.2. The Labute approximate surface area is 163 Å². The van der Waals surface area contributed by atoms with Gasteiger partial charge in [-0.05, 0) is 35.9 Å². The van der Waals surface area contributed by atoms with Gasteiger partial charge in [0.05, 0.1) is 20.6 Å². The van der Waals surface area contributed by atoms with Crippen LogP contribution in [0.25, 0.3) is 11.1 Å². The van der Waals surface area contributed by atoms with E-state index >= 15 is 0 Å². The van der Waals surface area contributed by atoms with Gasteiger partial charge in [-0.2, -0.15) is 11.8 Å². The molecule has 0 fully saturated rings. The van der Waals surface area contributed by atoms with Crippen molar-refractivity contribution in [3.63, 3.8) is 0 Å². The van der Waals surface area contributed by atoms with Gasteiger partial charge in [-0.3, -0.25) is 9.59 Å². The van der Waals surface area contributed by atoms with E-state index in [1.165, 1.54) is 14.2 Å². The van der Waals surface area contributed by atoms with Crippen molar-refractivity contribution in [3.05, 3.63) is 41.5 Å². The van der Waals surface area contributed by atoms with E-state index in [1.807, 2.05) is 30.5 Å². The Kier molecular flexibility index (Phi) is 6.06. The largest absolute Gasteiger partial charge is 0.493 e. The highest BCUT2D eigenvalue weighted by molar-refractivity contribution is 7.98. The Morgan fingerprint density at radius 2 is 1.81 bits per heavy atom. The van der Waals surface area contributed by atoms with Crippen LogP contribution in [0.4, 0.5) is 0 Å². The SMILES string of the molecule is COc1ccc(-c2ccc3c(c2)CCC3=O)c(OC(=O)CCSC)c1OC. The van der Waals surface area contributed by atoms with Gasteiger partial charge in [-0.25, -0.2) is 0 Å². The molecule has 5 nitrogen and oxygen atoms in total. The minimum Gasteiger partial charge on any atom is -0.493 e. The van der Waals surface area contributed by atoms with Gasteiger partial charge in [0.2, 0.25) is 5.75 Å². The summed E-state index contributed by atoms with van der Waals surface area (Å²) in [7, 11) is 3.06. The van der Waals surface area contributed by atoms with Gasteiger partial charge in [-0.15, -0.1) is 0 Å². The van der Waals surface area contributed by atoms with E-state index in [2.05, 4.69) is 0 Å². The summed E-state index contributed by atoms with van der Waals surface area (Å²) in [6, 6.07) is 9.34. The smallest absolute Gasteiger partial charge is 0.312 e. The number of carbonyl (C=O) groups excluding carboxylic acids is 2. The minimum absolute atomic E-state index is 0.174. The molecule has 27 heavy (non-hydrogen) atoms. The molecule has 0 aromatic heterocycles. The molecule has 0 atom stereocenters. The Morgan fingerprint density at radius 3 is 2.52 bits per heavy atom. The van der Waals surface area contributed by atoms with E-state index in [-0.39, 0.29) is 11.8 Å². The first-order chi connectivity index (χ1) is 13.1. The van der Waals surface area contributed by atoms with Crippen molar-refractivity contribution in [2.45, 2.75) is 19.3 Å². The summed E-state index contributed by atoms with van der Waals surface area (Å²) in [5.41, 5.74) is 3.40. The fourth-order valence-corrected chi connectivity index (χ4v) is 3.57. The standard InChI is InChI=1S/C21H22O5S/c1-24-18-9-7-16(14-4-6-15-13(12-14)5-8-17(15)22)20(21(18)25-2)26-19(23)10-11-27-3/h4,6-7,9,12H,5,8,10-11H2,1-3H3. The predicted octanol–water partition coefficient (Wildman–Crippen LogP) is 4.16. The van der Waals surface area contributed by atoms with Crippen LogP contribution in [-0.4, -0.2) is 38.0 Å². The van der Waals surface area contributed by atoms with E-state index in [0.717, 1.165) is 28.7 Å². The van der Waals surface area contributed by atoms with Crippen molar-refractivity contribution in [1.29, 1.82) is 0 Å². The van der Waals surface area contributed by atoms with Crippen molar-refractivity contribution in [2.24, 2.45) is 0 Å². The van der Waals surface area contributed by atoms with Crippen LogP contribution < -0.4 is 14.2 Å². The number of thioether (sulfide) groups is 1. The molecule has 2 aromatic rings. The van der Waals surface area contributed by atoms with Crippen LogP contribution in [0.3, 0.4) is 0 Å². The summed E-state index contributed by atoms with van der Waals surface area (Å²) in [6.45, 7) is 0. The fourth-order valence-electron chi connectivity index (χ4n) is 3.20. The second kappa shape index (κ2) is 8.48. The Bertz CT molecular complexity index is 875. The molecule has 0 heterocycles. The average molecular weight is 386 g/mol. The highest BCUT2D eigenvalue weighted by Crippen LogP contribution is 2.45. The Balaban J connectivity index is 2.06. The lowest BCUT2D eigenvalue weighted by molar-refractivity contribution is -0.133. The molecule has 1 aliphatic carbocycles.